The molecule has 0 fully saturated rings. The first-order valence-corrected chi connectivity index (χ1v) is 10.1. The van der Waals surface area contributed by atoms with Crippen molar-refractivity contribution in [3.8, 4) is 0 Å². The normalized spacial score (nSPS) is 15.6. The van der Waals surface area contributed by atoms with Crippen LogP contribution in [0.1, 0.15) is 92.9 Å². The first-order chi connectivity index (χ1) is 12.2. The van der Waals surface area contributed by atoms with Crippen LogP contribution in [0.4, 0.5) is 0 Å². The van der Waals surface area contributed by atoms with Crippen molar-refractivity contribution in [3.63, 3.8) is 0 Å². The van der Waals surface area contributed by atoms with Crippen LogP contribution in [0.15, 0.2) is 59.3 Å². The van der Waals surface area contributed by atoms with Gasteiger partial charge in [-0.3, -0.25) is 0 Å². The third kappa shape index (κ3) is 15.0. The summed E-state index contributed by atoms with van der Waals surface area (Å²) in [5.41, 5.74) is 5.06. The predicted molar refractivity (Wildman–Crippen MR) is 118 cm³/mol. The highest BCUT2D eigenvalue weighted by atomic mass is 16.3. The Morgan fingerprint density at radius 3 is 1.50 bits per heavy atom. The van der Waals surface area contributed by atoms with Crippen LogP contribution in [0, 0.1) is 0 Å². The molecule has 0 aliphatic heterocycles. The van der Waals surface area contributed by atoms with Gasteiger partial charge < -0.3 is 5.11 Å². The van der Waals surface area contributed by atoms with E-state index in [1.807, 2.05) is 6.92 Å². The van der Waals surface area contributed by atoms with Gasteiger partial charge in [-0.05, 0) is 92.9 Å². The SMILES string of the molecule is C=C[C@](C)(O)CC/C=C(\C)CC/C=C(\C)CC/C=C(\C)CCC=C(C)C. The lowest BCUT2D eigenvalue weighted by atomic mass is 9.99. The van der Waals surface area contributed by atoms with Gasteiger partial charge >= 0.3 is 0 Å². The molecule has 0 radical (unpaired) electrons. The molecule has 0 aromatic carbocycles. The fourth-order valence-corrected chi connectivity index (χ4v) is 2.70. The van der Waals surface area contributed by atoms with Gasteiger partial charge in [-0.1, -0.05) is 52.7 Å². The molecule has 0 amide bonds. The summed E-state index contributed by atoms with van der Waals surface area (Å²) in [6, 6.07) is 0. The topological polar surface area (TPSA) is 20.2 Å². The van der Waals surface area contributed by atoms with Crippen LogP contribution in [-0.2, 0) is 0 Å². The van der Waals surface area contributed by atoms with Crippen LogP contribution < -0.4 is 0 Å². The number of allylic oxidation sites excluding steroid dienone is 8. The maximum atomic E-state index is 9.91. The van der Waals surface area contributed by atoms with E-state index in [9.17, 15) is 5.11 Å². The van der Waals surface area contributed by atoms with Crippen molar-refractivity contribution in [3.05, 3.63) is 59.3 Å². The average molecular weight is 359 g/mol. The van der Waals surface area contributed by atoms with E-state index in [2.05, 4.69) is 65.5 Å². The molecule has 1 nitrogen and oxygen atoms in total. The Labute approximate surface area is 163 Å². The molecule has 148 valence electrons. The van der Waals surface area contributed by atoms with Crippen LogP contribution in [0.2, 0.25) is 0 Å². The van der Waals surface area contributed by atoms with Gasteiger partial charge in [0, 0.05) is 0 Å². The summed E-state index contributed by atoms with van der Waals surface area (Å²) in [7, 11) is 0. The Bertz CT molecular complexity index is 522. The molecule has 0 unspecified atom stereocenters. The minimum atomic E-state index is -0.745. The smallest absolute Gasteiger partial charge is 0.0800 e. The lowest BCUT2D eigenvalue weighted by Crippen LogP contribution is -2.19. The second-order valence-electron chi connectivity index (χ2n) is 8.15. The highest BCUT2D eigenvalue weighted by Gasteiger charge is 2.13. The van der Waals surface area contributed by atoms with Gasteiger partial charge in [0.1, 0.15) is 0 Å². The highest BCUT2D eigenvalue weighted by molar-refractivity contribution is 5.07. The Morgan fingerprint density at radius 2 is 1.12 bits per heavy atom. The zero-order chi connectivity index (χ0) is 20.0. The van der Waals surface area contributed by atoms with E-state index >= 15 is 0 Å². The monoisotopic (exact) mass is 358 g/mol. The molecular weight excluding hydrogens is 316 g/mol. The van der Waals surface area contributed by atoms with Crippen molar-refractivity contribution in [1.82, 2.24) is 0 Å². The Hall–Kier alpha value is -1.34. The van der Waals surface area contributed by atoms with Gasteiger partial charge in [0.15, 0.2) is 0 Å². The van der Waals surface area contributed by atoms with E-state index in [4.69, 9.17) is 0 Å². The van der Waals surface area contributed by atoms with E-state index < -0.39 is 5.60 Å². The van der Waals surface area contributed by atoms with Crippen molar-refractivity contribution in [2.75, 3.05) is 0 Å². The molecule has 0 spiro atoms. The van der Waals surface area contributed by atoms with Crippen molar-refractivity contribution in [2.24, 2.45) is 0 Å². The fraction of sp³-hybridized carbons (Fsp3) is 0.600. The van der Waals surface area contributed by atoms with Crippen LogP contribution in [-0.4, -0.2) is 10.7 Å². The molecule has 0 heterocycles. The summed E-state index contributed by atoms with van der Waals surface area (Å²) in [6.45, 7) is 16.5. The van der Waals surface area contributed by atoms with Crippen LogP contribution in [0.25, 0.3) is 0 Å². The van der Waals surface area contributed by atoms with Crippen molar-refractivity contribution in [2.45, 2.75) is 98.5 Å². The summed E-state index contributed by atoms with van der Waals surface area (Å²) in [6.07, 6.45) is 19.5. The molecule has 0 saturated heterocycles. The molecular formula is C25H42O. The quantitative estimate of drug-likeness (QED) is 0.332. The fourth-order valence-electron chi connectivity index (χ4n) is 2.70. The largest absolute Gasteiger partial charge is 0.386 e. The number of rotatable bonds is 13. The summed E-state index contributed by atoms with van der Waals surface area (Å²) >= 11 is 0. The molecule has 26 heavy (non-hydrogen) atoms. The van der Waals surface area contributed by atoms with E-state index in [0.29, 0.717) is 0 Å². The number of aliphatic hydroxyl groups is 1. The Balaban J connectivity index is 4.06. The van der Waals surface area contributed by atoms with Gasteiger partial charge in [0.05, 0.1) is 5.60 Å². The molecule has 0 aromatic heterocycles. The maximum Gasteiger partial charge on any atom is 0.0800 e. The van der Waals surface area contributed by atoms with E-state index in [1.165, 1.54) is 28.7 Å². The molecule has 0 aliphatic carbocycles. The zero-order valence-corrected chi connectivity index (χ0v) is 18.2. The van der Waals surface area contributed by atoms with Gasteiger partial charge in [-0.25, -0.2) is 0 Å². The molecule has 0 saturated carbocycles. The minimum absolute atomic E-state index is 0.738. The molecule has 0 aromatic rings. The summed E-state index contributed by atoms with van der Waals surface area (Å²) < 4.78 is 0. The summed E-state index contributed by atoms with van der Waals surface area (Å²) in [5, 5.41) is 9.91. The molecule has 1 N–H and O–H groups in total. The van der Waals surface area contributed by atoms with Gasteiger partial charge in [-0.2, -0.15) is 0 Å². The molecule has 1 atom stereocenters. The molecule has 0 rings (SSSR count). The minimum Gasteiger partial charge on any atom is -0.386 e. The molecule has 1 heteroatoms. The van der Waals surface area contributed by atoms with Crippen molar-refractivity contribution >= 4 is 0 Å². The first-order valence-electron chi connectivity index (χ1n) is 10.1. The lowest BCUT2D eigenvalue weighted by molar-refractivity contribution is 0.103. The molecule has 0 bridgehead atoms. The number of hydrogen-bond acceptors (Lipinski definition) is 1. The summed E-state index contributed by atoms with van der Waals surface area (Å²) in [4.78, 5) is 0. The van der Waals surface area contributed by atoms with Gasteiger partial charge in [0.2, 0.25) is 0 Å². The van der Waals surface area contributed by atoms with E-state index in [0.717, 1.165) is 44.9 Å². The van der Waals surface area contributed by atoms with Crippen LogP contribution in [0.5, 0.6) is 0 Å². The second-order valence-corrected chi connectivity index (χ2v) is 8.15. The van der Waals surface area contributed by atoms with Crippen LogP contribution in [0.3, 0.4) is 0 Å². The summed E-state index contributed by atoms with van der Waals surface area (Å²) in [5.74, 6) is 0. The highest BCUT2D eigenvalue weighted by Crippen LogP contribution is 2.16. The third-order valence-electron chi connectivity index (χ3n) is 4.74. The van der Waals surface area contributed by atoms with Gasteiger partial charge in [-0.15, -0.1) is 6.58 Å². The predicted octanol–water partition coefficient (Wildman–Crippen LogP) is 7.85. The van der Waals surface area contributed by atoms with E-state index in [-0.39, 0.29) is 0 Å². The third-order valence-corrected chi connectivity index (χ3v) is 4.74. The Morgan fingerprint density at radius 1 is 0.731 bits per heavy atom. The van der Waals surface area contributed by atoms with E-state index in [1.54, 1.807) is 6.08 Å². The average Bonchev–Trinajstić information content (AvgIpc) is 2.54. The first kappa shape index (κ1) is 24.7. The lowest BCUT2D eigenvalue weighted by Gasteiger charge is -2.16. The maximum absolute atomic E-state index is 9.91. The van der Waals surface area contributed by atoms with Crippen molar-refractivity contribution in [1.29, 1.82) is 0 Å². The van der Waals surface area contributed by atoms with Crippen molar-refractivity contribution < 1.29 is 5.11 Å². The van der Waals surface area contributed by atoms with Gasteiger partial charge in [0.25, 0.3) is 0 Å². The number of hydrogen-bond donors (Lipinski definition) is 1. The second kappa shape index (κ2) is 13.8. The molecule has 0 aliphatic rings. The van der Waals surface area contributed by atoms with Crippen LogP contribution >= 0.6 is 0 Å². The zero-order valence-electron chi connectivity index (χ0n) is 18.2. The standard InChI is InChI=1S/C25H42O/c1-8-25(7,26)20-12-19-24(6)18-11-17-23(5)16-10-15-22(4)14-9-13-21(2)3/h8,13,15,17,19,26H,1,9-12,14,16,18,20H2,2-7H3/b22-15+,23-17+,24-19+/t25-/m0/s1. The Kier molecular flexibility index (Phi) is 13.1.